The fraction of sp³-hybridized carbons (Fsp3) is 0.462. The van der Waals surface area contributed by atoms with Gasteiger partial charge in [-0.1, -0.05) is 0 Å². The van der Waals surface area contributed by atoms with Crippen LogP contribution in [0.5, 0.6) is 0 Å². The van der Waals surface area contributed by atoms with Crippen LogP contribution >= 0.6 is 0 Å². The number of benzene rings is 1. The molecule has 1 aliphatic heterocycles. The van der Waals surface area contributed by atoms with Crippen molar-refractivity contribution in [2.45, 2.75) is 12.8 Å². The molecular weight excluding hydrogens is 219 g/mol. The summed E-state index contributed by atoms with van der Waals surface area (Å²) in [6.45, 7) is 2.42. The standard InChI is InChI=1S/C13H15FN2O/c14-12-1-2-13(11(7-12)8-15)16-9-10-3-5-17-6-4-10/h1-2,7,10,16H,3-6,9H2. The monoisotopic (exact) mass is 234 g/mol. The van der Waals surface area contributed by atoms with Gasteiger partial charge in [-0.05, 0) is 37.0 Å². The van der Waals surface area contributed by atoms with Crippen molar-refractivity contribution in [1.29, 1.82) is 5.26 Å². The van der Waals surface area contributed by atoms with E-state index in [1.807, 2.05) is 6.07 Å². The lowest BCUT2D eigenvalue weighted by Gasteiger charge is -2.22. The van der Waals surface area contributed by atoms with E-state index in [-0.39, 0.29) is 5.82 Å². The highest BCUT2D eigenvalue weighted by Crippen LogP contribution is 2.19. The number of halogens is 1. The molecule has 0 unspecified atom stereocenters. The number of nitrogens with zero attached hydrogens (tertiary/aromatic N) is 1. The summed E-state index contributed by atoms with van der Waals surface area (Å²) in [5.41, 5.74) is 1.07. The summed E-state index contributed by atoms with van der Waals surface area (Å²) in [5, 5.41) is 12.1. The predicted octanol–water partition coefficient (Wildman–Crippen LogP) is 2.54. The summed E-state index contributed by atoms with van der Waals surface area (Å²) >= 11 is 0. The quantitative estimate of drug-likeness (QED) is 0.874. The molecule has 4 heteroatoms. The molecule has 1 aliphatic rings. The van der Waals surface area contributed by atoms with Gasteiger partial charge in [0.15, 0.2) is 0 Å². The number of ether oxygens (including phenoxy) is 1. The minimum atomic E-state index is -0.377. The van der Waals surface area contributed by atoms with Crippen molar-refractivity contribution in [2.75, 3.05) is 25.1 Å². The van der Waals surface area contributed by atoms with Crippen LogP contribution in [0.4, 0.5) is 10.1 Å². The second kappa shape index (κ2) is 5.65. The minimum absolute atomic E-state index is 0.358. The maximum absolute atomic E-state index is 12.9. The van der Waals surface area contributed by atoms with Crippen LogP contribution in [0.3, 0.4) is 0 Å². The Bertz CT molecular complexity index is 422. The topological polar surface area (TPSA) is 45.0 Å². The Morgan fingerprint density at radius 2 is 2.18 bits per heavy atom. The summed E-state index contributed by atoms with van der Waals surface area (Å²) in [5.74, 6) is 0.193. The van der Waals surface area contributed by atoms with Crippen LogP contribution in [0.1, 0.15) is 18.4 Å². The Balaban J connectivity index is 1.96. The fourth-order valence-electron chi connectivity index (χ4n) is 1.97. The van der Waals surface area contributed by atoms with E-state index >= 15 is 0 Å². The van der Waals surface area contributed by atoms with Crippen molar-refractivity contribution < 1.29 is 9.13 Å². The third kappa shape index (κ3) is 3.18. The van der Waals surface area contributed by atoms with Crippen molar-refractivity contribution in [3.63, 3.8) is 0 Å². The summed E-state index contributed by atoms with van der Waals surface area (Å²) in [6.07, 6.45) is 2.08. The number of nitrogens with one attached hydrogen (secondary N) is 1. The van der Waals surface area contributed by atoms with E-state index in [0.29, 0.717) is 17.2 Å². The first-order chi connectivity index (χ1) is 8.29. The van der Waals surface area contributed by atoms with Crippen molar-refractivity contribution in [1.82, 2.24) is 0 Å². The van der Waals surface area contributed by atoms with Gasteiger partial charge in [0.1, 0.15) is 11.9 Å². The van der Waals surface area contributed by atoms with Gasteiger partial charge in [-0.2, -0.15) is 5.26 Å². The van der Waals surface area contributed by atoms with Gasteiger partial charge in [0, 0.05) is 19.8 Å². The van der Waals surface area contributed by atoms with E-state index in [1.165, 1.54) is 12.1 Å². The first-order valence-electron chi connectivity index (χ1n) is 5.81. The third-order valence-electron chi connectivity index (χ3n) is 3.02. The third-order valence-corrected chi connectivity index (χ3v) is 3.02. The predicted molar refractivity (Wildman–Crippen MR) is 63.1 cm³/mol. The molecule has 0 amide bonds. The molecule has 1 heterocycles. The molecular formula is C13H15FN2O. The van der Waals surface area contributed by atoms with Crippen molar-refractivity contribution in [2.24, 2.45) is 5.92 Å². The highest BCUT2D eigenvalue weighted by Gasteiger charge is 2.14. The molecule has 0 aliphatic carbocycles. The first-order valence-corrected chi connectivity index (χ1v) is 5.81. The van der Waals surface area contributed by atoms with Gasteiger partial charge in [0.2, 0.25) is 0 Å². The largest absolute Gasteiger partial charge is 0.384 e. The van der Waals surface area contributed by atoms with E-state index in [4.69, 9.17) is 10.00 Å². The van der Waals surface area contributed by atoms with Crippen molar-refractivity contribution in [3.05, 3.63) is 29.6 Å². The van der Waals surface area contributed by atoms with E-state index < -0.39 is 0 Å². The van der Waals surface area contributed by atoms with Gasteiger partial charge in [-0.25, -0.2) is 4.39 Å². The molecule has 1 N–H and O–H groups in total. The zero-order chi connectivity index (χ0) is 12.1. The van der Waals surface area contributed by atoms with E-state index in [0.717, 1.165) is 32.6 Å². The molecule has 3 nitrogen and oxygen atoms in total. The number of hydrogen-bond donors (Lipinski definition) is 1. The molecule has 0 saturated carbocycles. The van der Waals surface area contributed by atoms with Crippen LogP contribution < -0.4 is 5.32 Å². The molecule has 0 bridgehead atoms. The normalized spacial score (nSPS) is 16.5. The lowest BCUT2D eigenvalue weighted by Crippen LogP contribution is -2.22. The number of anilines is 1. The fourth-order valence-corrected chi connectivity index (χ4v) is 1.97. The number of rotatable bonds is 3. The Morgan fingerprint density at radius 3 is 2.88 bits per heavy atom. The molecule has 1 aromatic carbocycles. The molecule has 17 heavy (non-hydrogen) atoms. The maximum atomic E-state index is 12.9. The highest BCUT2D eigenvalue weighted by atomic mass is 19.1. The Hall–Kier alpha value is -1.60. The Morgan fingerprint density at radius 1 is 1.41 bits per heavy atom. The number of nitriles is 1. The Labute approximate surface area is 100 Å². The van der Waals surface area contributed by atoms with Gasteiger partial charge in [0.05, 0.1) is 11.3 Å². The van der Waals surface area contributed by atoms with Gasteiger partial charge in [-0.3, -0.25) is 0 Å². The van der Waals surface area contributed by atoms with Crippen LogP contribution in [0.25, 0.3) is 0 Å². The average Bonchev–Trinajstić information content (AvgIpc) is 2.38. The van der Waals surface area contributed by atoms with Gasteiger partial charge >= 0.3 is 0 Å². The summed E-state index contributed by atoms with van der Waals surface area (Å²) < 4.78 is 18.2. The van der Waals surface area contributed by atoms with Crippen molar-refractivity contribution >= 4 is 5.69 Å². The summed E-state index contributed by atoms with van der Waals surface area (Å²) in [4.78, 5) is 0. The summed E-state index contributed by atoms with van der Waals surface area (Å²) in [6, 6.07) is 6.24. The molecule has 1 aromatic rings. The second-order valence-electron chi connectivity index (χ2n) is 4.24. The van der Waals surface area contributed by atoms with Crippen LogP contribution in [0, 0.1) is 23.1 Å². The zero-order valence-corrected chi connectivity index (χ0v) is 9.58. The summed E-state index contributed by atoms with van der Waals surface area (Å²) in [7, 11) is 0. The molecule has 0 aromatic heterocycles. The van der Waals surface area contributed by atoms with Crippen LogP contribution in [0.2, 0.25) is 0 Å². The lowest BCUT2D eigenvalue weighted by molar-refractivity contribution is 0.0699. The smallest absolute Gasteiger partial charge is 0.124 e. The molecule has 0 radical (unpaired) electrons. The van der Waals surface area contributed by atoms with Crippen LogP contribution in [0.15, 0.2) is 18.2 Å². The maximum Gasteiger partial charge on any atom is 0.124 e. The minimum Gasteiger partial charge on any atom is -0.384 e. The molecule has 0 spiro atoms. The van der Waals surface area contributed by atoms with E-state index in [1.54, 1.807) is 6.07 Å². The second-order valence-corrected chi connectivity index (χ2v) is 4.24. The molecule has 1 saturated heterocycles. The van der Waals surface area contributed by atoms with Gasteiger partial charge in [0.25, 0.3) is 0 Å². The molecule has 0 atom stereocenters. The number of hydrogen-bond acceptors (Lipinski definition) is 3. The van der Waals surface area contributed by atoms with Gasteiger partial charge < -0.3 is 10.1 Å². The molecule has 2 rings (SSSR count). The van der Waals surface area contributed by atoms with Gasteiger partial charge in [-0.15, -0.1) is 0 Å². The SMILES string of the molecule is N#Cc1cc(F)ccc1NCC1CCOCC1. The van der Waals surface area contributed by atoms with Crippen LogP contribution in [-0.2, 0) is 4.74 Å². The van der Waals surface area contributed by atoms with E-state index in [2.05, 4.69) is 5.32 Å². The molecule has 1 fully saturated rings. The molecule has 90 valence electrons. The van der Waals surface area contributed by atoms with Crippen molar-refractivity contribution in [3.8, 4) is 6.07 Å². The zero-order valence-electron chi connectivity index (χ0n) is 9.58. The lowest BCUT2D eigenvalue weighted by atomic mass is 10.0. The Kier molecular flexibility index (Phi) is 3.94. The highest BCUT2D eigenvalue weighted by molar-refractivity contribution is 5.57. The first kappa shape index (κ1) is 11.9. The van der Waals surface area contributed by atoms with E-state index in [9.17, 15) is 4.39 Å². The van der Waals surface area contributed by atoms with Crippen LogP contribution in [-0.4, -0.2) is 19.8 Å². The average molecular weight is 234 g/mol.